The van der Waals surface area contributed by atoms with E-state index < -0.39 is 0 Å². The first-order valence-corrected chi connectivity index (χ1v) is 7.93. The summed E-state index contributed by atoms with van der Waals surface area (Å²) in [5, 5.41) is 6.59. The van der Waals surface area contributed by atoms with Crippen molar-refractivity contribution in [2.24, 2.45) is 11.7 Å². The fraction of sp³-hybridized carbons (Fsp3) is 0.867. The van der Waals surface area contributed by atoms with E-state index >= 15 is 0 Å². The number of nitrogens with two attached hydrogens (primary N) is 1. The Bertz CT molecular complexity index is 356. The van der Waals surface area contributed by atoms with Gasteiger partial charge in [0, 0.05) is 12.0 Å². The number of carbonyl (C=O) groups excluding carboxylic acids is 2. The highest BCUT2D eigenvalue weighted by molar-refractivity contribution is 5.87. The molecular weight excluding hydrogens is 254 g/mol. The number of nitrogens with one attached hydrogen (secondary N) is 2. The number of hydrogen-bond acceptors (Lipinski definition) is 3. The average Bonchev–Trinajstić information content (AvgIpc) is 2.89. The Labute approximate surface area is 121 Å². The molecule has 1 aliphatic heterocycles. The van der Waals surface area contributed by atoms with E-state index in [1.54, 1.807) is 0 Å². The van der Waals surface area contributed by atoms with Crippen LogP contribution in [0, 0.1) is 5.92 Å². The van der Waals surface area contributed by atoms with Crippen molar-refractivity contribution in [2.45, 2.75) is 69.9 Å². The summed E-state index contributed by atoms with van der Waals surface area (Å²) in [6.07, 6.45) is 7.24. The second kappa shape index (κ2) is 6.57. The Morgan fingerprint density at radius 2 is 2.00 bits per heavy atom. The lowest BCUT2D eigenvalue weighted by Gasteiger charge is -2.33. The predicted molar refractivity (Wildman–Crippen MR) is 78.0 cm³/mol. The third-order valence-corrected chi connectivity index (χ3v) is 4.82. The smallest absolute Gasteiger partial charge is 0.240 e. The number of primary amides is 1. The number of rotatable bonds is 5. The van der Waals surface area contributed by atoms with Gasteiger partial charge in [-0.1, -0.05) is 13.3 Å². The molecule has 0 aromatic heterocycles. The van der Waals surface area contributed by atoms with Crippen molar-refractivity contribution in [1.82, 2.24) is 10.6 Å². The van der Waals surface area contributed by atoms with Crippen LogP contribution in [0.25, 0.3) is 0 Å². The van der Waals surface area contributed by atoms with Crippen LogP contribution in [0.3, 0.4) is 0 Å². The summed E-state index contributed by atoms with van der Waals surface area (Å²) in [6, 6.07) is 0.203. The van der Waals surface area contributed by atoms with Crippen LogP contribution in [0.5, 0.6) is 0 Å². The molecule has 114 valence electrons. The summed E-state index contributed by atoms with van der Waals surface area (Å²) in [5.74, 6) is -0.0496. The summed E-state index contributed by atoms with van der Waals surface area (Å²) >= 11 is 0. The molecular formula is C15H27N3O2. The third-order valence-electron chi connectivity index (χ3n) is 4.82. The van der Waals surface area contributed by atoms with E-state index in [9.17, 15) is 9.59 Å². The van der Waals surface area contributed by atoms with Gasteiger partial charge in [0.2, 0.25) is 11.8 Å². The van der Waals surface area contributed by atoms with Crippen molar-refractivity contribution in [3.63, 3.8) is 0 Å². The van der Waals surface area contributed by atoms with E-state index in [0.717, 1.165) is 57.9 Å². The minimum absolute atomic E-state index is 0.00244. The van der Waals surface area contributed by atoms with Gasteiger partial charge in [-0.3, -0.25) is 9.59 Å². The van der Waals surface area contributed by atoms with Crippen molar-refractivity contribution in [2.75, 3.05) is 6.54 Å². The average molecular weight is 281 g/mol. The van der Waals surface area contributed by atoms with E-state index in [1.807, 2.05) is 0 Å². The van der Waals surface area contributed by atoms with Gasteiger partial charge < -0.3 is 16.4 Å². The maximum absolute atomic E-state index is 12.6. The quantitative estimate of drug-likeness (QED) is 0.704. The maximum Gasteiger partial charge on any atom is 0.240 e. The molecule has 0 spiro atoms. The highest BCUT2D eigenvalue weighted by Gasteiger charge is 2.41. The largest absolute Gasteiger partial charge is 0.369 e. The molecule has 2 fully saturated rings. The van der Waals surface area contributed by atoms with Crippen molar-refractivity contribution in [3.05, 3.63) is 0 Å². The summed E-state index contributed by atoms with van der Waals surface area (Å²) < 4.78 is 0. The molecule has 0 aromatic carbocycles. The Kier molecular flexibility index (Phi) is 5.02. The number of hydrogen-bond donors (Lipinski definition) is 3. The lowest BCUT2D eigenvalue weighted by Crippen LogP contribution is -2.56. The molecule has 1 aliphatic carbocycles. The van der Waals surface area contributed by atoms with E-state index in [0.29, 0.717) is 0 Å². The highest BCUT2D eigenvalue weighted by Crippen LogP contribution is 2.28. The number of amides is 2. The van der Waals surface area contributed by atoms with Gasteiger partial charge in [-0.15, -0.1) is 0 Å². The van der Waals surface area contributed by atoms with Crippen LogP contribution in [0.2, 0.25) is 0 Å². The van der Waals surface area contributed by atoms with Crippen LogP contribution in [-0.2, 0) is 9.59 Å². The van der Waals surface area contributed by atoms with Crippen molar-refractivity contribution in [3.8, 4) is 0 Å². The summed E-state index contributed by atoms with van der Waals surface area (Å²) in [4.78, 5) is 23.7. The molecule has 2 rings (SSSR count). The van der Waals surface area contributed by atoms with E-state index in [4.69, 9.17) is 5.73 Å². The molecule has 1 unspecified atom stereocenters. The van der Waals surface area contributed by atoms with Crippen LogP contribution >= 0.6 is 0 Å². The minimum Gasteiger partial charge on any atom is -0.369 e. The van der Waals surface area contributed by atoms with Gasteiger partial charge in [0.1, 0.15) is 0 Å². The van der Waals surface area contributed by atoms with E-state index in [-0.39, 0.29) is 29.3 Å². The lowest BCUT2D eigenvalue weighted by molar-refractivity contribution is -0.128. The monoisotopic (exact) mass is 281 g/mol. The second-order valence-corrected chi connectivity index (χ2v) is 6.29. The van der Waals surface area contributed by atoms with Gasteiger partial charge in [-0.2, -0.15) is 0 Å². The molecule has 1 atom stereocenters. The van der Waals surface area contributed by atoms with Gasteiger partial charge in [0.15, 0.2) is 0 Å². The van der Waals surface area contributed by atoms with Gasteiger partial charge in [0.25, 0.3) is 0 Å². The fourth-order valence-corrected chi connectivity index (χ4v) is 3.60. The zero-order valence-electron chi connectivity index (χ0n) is 12.4. The fourth-order valence-electron chi connectivity index (χ4n) is 3.60. The molecule has 1 heterocycles. The van der Waals surface area contributed by atoms with E-state index in [1.165, 1.54) is 0 Å². The van der Waals surface area contributed by atoms with E-state index in [2.05, 4.69) is 17.6 Å². The van der Waals surface area contributed by atoms with Crippen LogP contribution in [0.4, 0.5) is 0 Å². The lowest BCUT2D eigenvalue weighted by atomic mass is 9.84. The van der Waals surface area contributed by atoms with Crippen LogP contribution < -0.4 is 16.4 Å². The molecule has 0 aromatic rings. The molecule has 2 aliphatic rings. The summed E-state index contributed by atoms with van der Waals surface area (Å²) in [6.45, 7) is 3.05. The Balaban J connectivity index is 1.87. The number of carbonyl (C=O) groups is 2. The highest BCUT2D eigenvalue weighted by atomic mass is 16.2. The Morgan fingerprint density at radius 3 is 2.50 bits per heavy atom. The zero-order valence-corrected chi connectivity index (χ0v) is 12.4. The minimum atomic E-state index is -0.352. The maximum atomic E-state index is 12.6. The molecule has 1 saturated carbocycles. The molecule has 5 heteroatoms. The third kappa shape index (κ3) is 3.32. The molecule has 1 saturated heterocycles. The van der Waals surface area contributed by atoms with Gasteiger partial charge in [-0.05, 0) is 51.5 Å². The first-order chi connectivity index (χ1) is 9.57. The molecule has 5 nitrogen and oxygen atoms in total. The van der Waals surface area contributed by atoms with Crippen LogP contribution in [-0.4, -0.2) is 29.9 Å². The molecule has 4 N–H and O–H groups in total. The summed E-state index contributed by atoms with van der Waals surface area (Å²) in [5.41, 5.74) is 4.99. The standard InChI is InChI=1S/C15H27N3O2/c1-2-8-15(9-3-10-17-15)14(20)18-12-6-4-11(5-7-12)13(16)19/h11-12,17H,2-10H2,1H3,(H2,16,19)(H,18,20). The first-order valence-electron chi connectivity index (χ1n) is 7.93. The molecule has 2 amide bonds. The van der Waals surface area contributed by atoms with Crippen LogP contribution in [0.15, 0.2) is 0 Å². The van der Waals surface area contributed by atoms with Crippen molar-refractivity contribution in [1.29, 1.82) is 0 Å². The Hall–Kier alpha value is -1.10. The predicted octanol–water partition coefficient (Wildman–Crippen LogP) is 1.07. The van der Waals surface area contributed by atoms with Crippen LogP contribution in [0.1, 0.15) is 58.3 Å². The van der Waals surface area contributed by atoms with Crippen molar-refractivity contribution < 1.29 is 9.59 Å². The van der Waals surface area contributed by atoms with Gasteiger partial charge in [0.05, 0.1) is 5.54 Å². The first kappa shape index (κ1) is 15.3. The molecule has 0 bridgehead atoms. The SMILES string of the molecule is CCCC1(C(=O)NC2CCC(C(N)=O)CC2)CCCN1. The topological polar surface area (TPSA) is 84.2 Å². The molecule has 0 radical (unpaired) electrons. The summed E-state index contributed by atoms with van der Waals surface area (Å²) in [7, 11) is 0. The Morgan fingerprint density at radius 1 is 1.30 bits per heavy atom. The normalized spacial score (nSPS) is 33.9. The van der Waals surface area contributed by atoms with Crippen molar-refractivity contribution >= 4 is 11.8 Å². The molecule has 20 heavy (non-hydrogen) atoms. The second-order valence-electron chi connectivity index (χ2n) is 6.29. The zero-order chi connectivity index (χ0) is 14.6. The van der Waals surface area contributed by atoms with Gasteiger partial charge >= 0.3 is 0 Å². The van der Waals surface area contributed by atoms with Gasteiger partial charge in [-0.25, -0.2) is 0 Å².